The molecule has 0 atom stereocenters. The number of aromatic nitrogens is 1. The van der Waals surface area contributed by atoms with E-state index >= 15 is 0 Å². The molecule has 0 aromatic carbocycles. The second-order valence-electron chi connectivity index (χ2n) is 4.20. The van der Waals surface area contributed by atoms with Gasteiger partial charge in [-0.25, -0.2) is 0 Å². The molecule has 92 valence electrons. The van der Waals surface area contributed by atoms with E-state index in [0.29, 0.717) is 0 Å². The van der Waals surface area contributed by atoms with Gasteiger partial charge in [-0.2, -0.15) is 0 Å². The summed E-state index contributed by atoms with van der Waals surface area (Å²) < 4.78 is 7.59. The van der Waals surface area contributed by atoms with E-state index in [1.165, 1.54) is 12.1 Å². The van der Waals surface area contributed by atoms with Gasteiger partial charge in [0.05, 0.1) is 6.26 Å². The molecule has 3 nitrogen and oxygen atoms in total. The zero-order valence-corrected chi connectivity index (χ0v) is 10.4. The molecule has 0 saturated heterocycles. The van der Waals surface area contributed by atoms with Gasteiger partial charge >= 0.3 is 0 Å². The number of nitrogens with one attached hydrogen (secondary N) is 1. The molecule has 0 bridgehead atoms. The lowest BCUT2D eigenvalue weighted by atomic mass is 10.3. The summed E-state index contributed by atoms with van der Waals surface area (Å²) in [6, 6.07) is 8.23. The first-order chi connectivity index (χ1) is 8.40. The molecule has 2 aromatic rings. The predicted octanol–water partition coefficient (Wildman–Crippen LogP) is 2.82. The second kappa shape index (κ2) is 6.30. The minimum absolute atomic E-state index is 0.924. The molecule has 0 saturated carbocycles. The number of hydrogen-bond donors (Lipinski definition) is 1. The fourth-order valence-electron chi connectivity index (χ4n) is 1.95. The van der Waals surface area contributed by atoms with Crippen molar-refractivity contribution < 1.29 is 4.42 Å². The van der Waals surface area contributed by atoms with Gasteiger partial charge in [0.25, 0.3) is 0 Å². The summed E-state index contributed by atoms with van der Waals surface area (Å²) in [7, 11) is 0. The fraction of sp³-hybridized carbons (Fsp3) is 0.429. The summed E-state index contributed by atoms with van der Waals surface area (Å²) in [6.07, 6.45) is 5.99. The molecule has 0 radical (unpaired) electrons. The van der Waals surface area contributed by atoms with Gasteiger partial charge < -0.3 is 14.3 Å². The third-order valence-electron chi connectivity index (χ3n) is 2.82. The summed E-state index contributed by atoms with van der Waals surface area (Å²) in [4.78, 5) is 0. The lowest BCUT2D eigenvalue weighted by Crippen LogP contribution is -2.18. The quantitative estimate of drug-likeness (QED) is 0.744. The van der Waals surface area contributed by atoms with Crippen molar-refractivity contribution in [2.75, 3.05) is 6.54 Å². The molecular weight excluding hydrogens is 212 g/mol. The highest BCUT2D eigenvalue weighted by atomic mass is 16.3. The molecule has 17 heavy (non-hydrogen) atoms. The minimum atomic E-state index is 0.924. The molecule has 0 spiro atoms. The molecule has 0 aliphatic rings. The molecule has 0 amide bonds. The monoisotopic (exact) mass is 232 g/mol. The van der Waals surface area contributed by atoms with Crippen molar-refractivity contribution in [3.05, 3.63) is 48.2 Å². The van der Waals surface area contributed by atoms with Crippen LogP contribution in [0.3, 0.4) is 0 Å². The Kier molecular flexibility index (Phi) is 4.45. The summed E-state index contributed by atoms with van der Waals surface area (Å²) >= 11 is 0. The van der Waals surface area contributed by atoms with Crippen LogP contribution in [0.1, 0.15) is 24.8 Å². The Morgan fingerprint density at radius 2 is 2.24 bits per heavy atom. The molecule has 0 aliphatic carbocycles. The van der Waals surface area contributed by atoms with E-state index in [4.69, 9.17) is 4.42 Å². The van der Waals surface area contributed by atoms with Gasteiger partial charge in [-0.3, -0.25) is 0 Å². The van der Waals surface area contributed by atoms with Crippen LogP contribution in [0.4, 0.5) is 0 Å². The van der Waals surface area contributed by atoms with E-state index in [9.17, 15) is 0 Å². The fourth-order valence-corrected chi connectivity index (χ4v) is 1.95. The van der Waals surface area contributed by atoms with E-state index in [-0.39, 0.29) is 0 Å². The number of aryl methyl sites for hydroxylation is 1. The first-order valence-electron chi connectivity index (χ1n) is 6.27. The van der Waals surface area contributed by atoms with Crippen molar-refractivity contribution in [2.45, 2.75) is 32.9 Å². The molecule has 2 heterocycles. The second-order valence-corrected chi connectivity index (χ2v) is 4.20. The average Bonchev–Trinajstić information content (AvgIpc) is 2.96. The van der Waals surface area contributed by atoms with Crippen molar-refractivity contribution in [2.24, 2.45) is 0 Å². The lowest BCUT2D eigenvalue weighted by molar-refractivity contribution is 0.496. The van der Waals surface area contributed by atoms with Crippen LogP contribution in [0, 0.1) is 0 Å². The average molecular weight is 232 g/mol. The van der Waals surface area contributed by atoms with Crippen LogP contribution >= 0.6 is 0 Å². The summed E-state index contributed by atoms with van der Waals surface area (Å²) in [5.74, 6) is 1.04. The highest BCUT2D eigenvalue weighted by molar-refractivity contribution is 5.07. The Hall–Kier alpha value is -1.48. The molecular formula is C14H20N2O. The SMILES string of the molecule is CCCn1cccc1CNCCc1ccco1. The van der Waals surface area contributed by atoms with Crippen molar-refractivity contribution in [3.8, 4) is 0 Å². The van der Waals surface area contributed by atoms with E-state index in [0.717, 1.165) is 31.8 Å². The maximum atomic E-state index is 5.29. The zero-order chi connectivity index (χ0) is 11.9. The largest absolute Gasteiger partial charge is 0.469 e. The molecule has 2 aromatic heterocycles. The van der Waals surface area contributed by atoms with Crippen molar-refractivity contribution in [1.82, 2.24) is 9.88 Å². The number of rotatable bonds is 7. The Bertz CT molecular complexity index is 417. The van der Waals surface area contributed by atoms with Gasteiger partial charge in [0, 0.05) is 37.9 Å². The van der Waals surface area contributed by atoms with E-state index in [2.05, 4.69) is 35.1 Å². The van der Waals surface area contributed by atoms with Crippen molar-refractivity contribution in [3.63, 3.8) is 0 Å². The van der Waals surface area contributed by atoms with E-state index < -0.39 is 0 Å². The van der Waals surface area contributed by atoms with Gasteiger partial charge in [0.2, 0.25) is 0 Å². The standard InChI is InChI=1S/C14H20N2O/c1-2-9-16-10-3-5-13(16)12-15-8-7-14-6-4-11-17-14/h3-6,10-11,15H,2,7-9,12H2,1H3. The highest BCUT2D eigenvalue weighted by Gasteiger charge is 2.00. The van der Waals surface area contributed by atoms with Crippen LogP contribution in [0.5, 0.6) is 0 Å². The minimum Gasteiger partial charge on any atom is -0.469 e. The molecule has 1 N–H and O–H groups in total. The number of furan rings is 1. The molecule has 0 aliphatic heterocycles. The van der Waals surface area contributed by atoms with E-state index in [1.807, 2.05) is 12.1 Å². The third kappa shape index (κ3) is 3.49. The van der Waals surface area contributed by atoms with Crippen LogP contribution in [0.15, 0.2) is 41.1 Å². The number of nitrogens with zero attached hydrogens (tertiary/aromatic N) is 1. The molecule has 0 fully saturated rings. The number of hydrogen-bond acceptors (Lipinski definition) is 2. The summed E-state index contributed by atoms with van der Waals surface area (Å²) in [5.41, 5.74) is 1.35. The molecule has 2 rings (SSSR count). The Balaban J connectivity index is 1.72. The van der Waals surface area contributed by atoms with Crippen molar-refractivity contribution >= 4 is 0 Å². The van der Waals surface area contributed by atoms with Crippen LogP contribution in [0.2, 0.25) is 0 Å². The zero-order valence-electron chi connectivity index (χ0n) is 10.4. The van der Waals surface area contributed by atoms with Gasteiger partial charge in [0.15, 0.2) is 0 Å². The summed E-state index contributed by atoms with van der Waals surface area (Å²) in [6.45, 7) is 5.18. The Morgan fingerprint density at radius 1 is 1.29 bits per heavy atom. The Labute approximate surface area is 102 Å². The first kappa shape index (κ1) is 12.0. The highest BCUT2D eigenvalue weighted by Crippen LogP contribution is 2.04. The smallest absolute Gasteiger partial charge is 0.105 e. The first-order valence-corrected chi connectivity index (χ1v) is 6.27. The normalized spacial score (nSPS) is 10.9. The lowest BCUT2D eigenvalue weighted by Gasteiger charge is -2.08. The van der Waals surface area contributed by atoms with E-state index in [1.54, 1.807) is 6.26 Å². The maximum Gasteiger partial charge on any atom is 0.105 e. The van der Waals surface area contributed by atoms with Crippen LogP contribution in [-0.4, -0.2) is 11.1 Å². The topological polar surface area (TPSA) is 30.1 Å². The van der Waals surface area contributed by atoms with Gasteiger partial charge in [0.1, 0.15) is 5.76 Å². The van der Waals surface area contributed by atoms with Crippen LogP contribution < -0.4 is 5.32 Å². The Morgan fingerprint density at radius 3 is 3.00 bits per heavy atom. The summed E-state index contributed by atoms with van der Waals surface area (Å²) in [5, 5.41) is 3.44. The molecule has 3 heteroatoms. The molecule has 0 unspecified atom stereocenters. The van der Waals surface area contributed by atoms with Crippen molar-refractivity contribution in [1.29, 1.82) is 0 Å². The van der Waals surface area contributed by atoms with Gasteiger partial charge in [-0.05, 0) is 30.7 Å². The van der Waals surface area contributed by atoms with Gasteiger partial charge in [-0.15, -0.1) is 0 Å². The van der Waals surface area contributed by atoms with Crippen LogP contribution in [-0.2, 0) is 19.5 Å². The third-order valence-corrected chi connectivity index (χ3v) is 2.82. The van der Waals surface area contributed by atoms with Gasteiger partial charge in [-0.1, -0.05) is 6.92 Å². The predicted molar refractivity (Wildman–Crippen MR) is 68.8 cm³/mol. The maximum absolute atomic E-state index is 5.29. The van der Waals surface area contributed by atoms with Crippen LogP contribution in [0.25, 0.3) is 0 Å².